The number of Topliss-reactive ketones (excluding diaryl/α,β-unsaturated/α-hetero) is 1. The molecule has 0 bridgehead atoms. The third kappa shape index (κ3) is 44.5. The molecule has 0 aromatic heterocycles. The number of hydrogen-bond acceptors (Lipinski definition) is 17. The second kappa shape index (κ2) is 58.8. The van der Waals surface area contributed by atoms with Crippen molar-refractivity contribution < 1.29 is 81.0 Å². The van der Waals surface area contributed by atoms with Gasteiger partial charge in [-0.1, -0.05) is 238 Å². The quantitative estimate of drug-likeness (QED) is 0.00571. The van der Waals surface area contributed by atoms with Crippen molar-refractivity contribution in [3.63, 3.8) is 0 Å². The van der Waals surface area contributed by atoms with E-state index in [1.165, 1.54) is 119 Å². The Balaban J connectivity index is 1.47. The molecule has 0 saturated carbocycles. The lowest BCUT2D eigenvalue weighted by Gasteiger charge is -2.34. The fraction of sp³-hybridized carbons (Fsp3) is 0.785. The Labute approximate surface area is 648 Å². The molecule has 30 heteroatoms. The number of likely N-dealkylation sites (tertiary alicyclic amines) is 2. The number of guanidine groups is 1. The molecular formula is C79H136N11O18P. The number of ketones is 1. The van der Waals surface area contributed by atoms with Gasteiger partial charge in [-0.05, 0) is 75.7 Å². The number of ether oxygens (including phenoxy) is 2. The van der Waals surface area contributed by atoms with Crippen LogP contribution in [-0.4, -0.2) is 174 Å². The summed E-state index contributed by atoms with van der Waals surface area (Å²) in [7, 11) is -4.76. The van der Waals surface area contributed by atoms with Crippen LogP contribution in [0, 0.1) is 16.0 Å². The Bertz CT molecular complexity index is 2910. The van der Waals surface area contributed by atoms with Crippen LogP contribution in [-0.2, 0) is 77.5 Å². The van der Waals surface area contributed by atoms with Gasteiger partial charge in [-0.2, -0.15) is 0 Å². The number of carbonyl (C=O) groups excluding carboxylic acids is 10. The van der Waals surface area contributed by atoms with E-state index in [0.717, 1.165) is 63.4 Å². The van der Waals surface area contributed by atoms with Gasteiger partial charge in [-0.3, -0.25) is 57.0 Å². The number of nitrogens with zero attached hydrogens (tertiary/aromatic N) is 4. The monoisotopic (exact) mass is 1560 g/mol. The van der Waals surface area contributed by atoms with Crippen molar-refractivity contribution in [3.8, 4) is 0 Å². The number of hydrazone groups is 1. The molecule has 620 valence electrons. The third-order valence-electron chi connectivity index (χ3n) is 19.8. The number of phosphoric ester groups is 1. The van der Waals surface area contributed by atoms with Gasteiger partial charge in [0.25, 0.3) is 5.96 Å². The van der Waals surface area contributed by atoms with E-state index < -0.39 is 134 Å². The average Bonchev–Trinajstić information content (AvgIpc) is 1.73. The van der Waals surface area contributed by atoms with Crippen molar-refractivity contribution in [2.24, 2.45) is 16.8 Å². The number of unbranched alkanes of at least 4 members (excludes halogenated alkanes) is 26. The summed E-state index contributed by atoms with van der Waals surface area (Å²) in [6.45, 7) is 8.26. The maximum Gasteiger partial charge on any atom is 0.472 e. The van der Waals surface area contributed by atoms with Crippen molar-refractivity contribution in [1.29, 1.82) is 0 Å². The number of hydrogen-bond donors (Lipinski definition) is 8. The second-order valence-corrected chi connectivity index (χ2v) is 31.0. The van der Waals surface area contributed by atoms with Gasteiger partial charge in [0, 0.05) is 58.3 Å². The number of esters is 2. The molecule has 109 heavy (non-hydrogen) atoms. The van der Waals surface area contributed by atoms with Crippen LogP contribution in [0.5, 0.6) is 0 Å². The number of rotatable bonds is 64. The molecule has 2 heterocycles. The first-order valence-electron chi connectivity index (χ1n) is 41.3. The maximum atomic E-state index is 14.6. The van der Waals surface area contributed by atoms with Gasteiger partial charge in [0.1, 0.15) is 35.9 Å². The fourth-order valence-electron chi connectivity index (χ4n) is 13.5. The van der Waals surface area contributed by atoms with Crippen molar-refractivity contribution >= 4 is 72.9 Å². The maximum absolute atomic E-state index is 14.6. The predicted octanol–water partition coefficient (Wildman–Crippen LogP) is 11.3. The van der Waals surface area contributed by atoms with E-state index in [4.69, 9.17) is 24.3 Å². The number of benzene rings is 1. The molecule has 2 fully saturated rings. The minimum Gasteiger partial charge on any atom is -0.462 e. The molecule has 7 unspecified atom stereocenters. The summed E-state index contributed by atoms with van der Waals surface area (Å²) in [5.41, 5.74) is 6.30. The topological polar surface area (TPSA) is 405 Å². The molecule has 2 saturated heterocycles. The van der Waals surface area contributed by atoms with Crippen LogP contribution in [0.15, 0.2) is 35.4 Å². The zero-order valence-electron chi connectivity index (χ0n) is 66.5. The number of nitrogens with two attached hydrogens (primary N) is 1. The fourth-order valence-corrected chi connectivity index (χ4v) is 14.3. The number of nitro groups is 1. The Morgan fingerprint density at radius 1 is 0.578 bits per heavy atom. The molecule has 7 atom stereocenters. The first-order valence-corrected chi connectivity index (χ1v) is 42.8. The van der Waals surface area contributed by atoms with Crippen LogP contribution >= 0.6 is 7.82 Å². The lowest BCUT2D eigenvalue weighted by Crippen LogP contribution is -2.59. The normalized spacial score (nSPS) is 16.0. The summed E-state index contributed by atoms with van der Waals surface area (Å²) in [6.07, 6.45) is 33.2. The zero-order chi connectivity index (χ0) is 79.9. The molecule has 2 aliphatic rings. The molecule has 0 radical (unpaired) electrons. The van der Waals surface area contributed by atoms with E-state index in [-0.39, 0.29) is 96.4 Å². The standard InChI is InChI=1S/C79H136N11O18P/c1-6-9-12-14-16-18-20-22-24-26-28-30-36-50-72(95)105-59-63(108-73(96)51-37-31-29-27-25-23-21-19-17-15-13-10-7-2)60-107-109(103,104)106-56-53-81-69(92)48-38-49-70(93)83-58-71(94)86-74(61(4)5)76(98)85-65(44-33-11-8-3)77(99)89-55-41-47-67(89)78(100)88-54-40-46-66(88)75(97)84-64(45-39-52-82-79(80)87-90(101)102)68(91)57-62-42-34-32-35-43-62/h32,34-35,42-43,61,63-67,74H,6-31,33,36-41,44-60H2,1-5H3,(H,81,92)(H,83,93)(H,84,97)(H,85,98)(H,86,94)(H,103,104)(H3,80,82,87). The summed E-state index contributed by atoms with van der Waals surface area (Å²) in [5, 5.41) is 28.9. The van der Waals surface area contributed by atoms with E-state index >= 15 is 0 Å². The van der Waals surface area contributed by atoms with Crippen molar-refractivity contribution in [1.82, 2.24) is 41.7 Å². The largest absolute Gasteiger partial charge is 0.472 e. The van der Waals surface area contributed by atoms with Crippen molar-refractivity contribution in [3.05, 3.63) is 46.0 Å². The van der Waals surface area contributed by atoms with Crippen LogP contribution in [0.4, 0.5) is 0 Å². The SMILES string of the molecule is CCCCCCCCCCCCCCCC(=O)OCC(COP(=O)(O)OCCNC(=O)CCCC(=O)NCC(=O)NC(C(=O)NC(CCCCC)C(=O)N1CCCC1C(=O)N1CCCC1C(=O)NC(CCCN/C(N)=N\[N+](=O)[O-])C(=O)Cc1ccccc1)C(C)C)OC(=O)CCCCCCCCCCCCCCC. The third-order valence-corrected chi connectivity index (χ3v) is 20.8. The highest BCUT2D eigenvalue weighted by atomic mass is 31.2. The number of nitrogens with one attached hydrogen (secondary N) is 6. The van der Waals surface area contributed by atoms with Gasteiger partial charge >= 0.3 is 19.8 Å². The number of carbonyl (C=O) groups is 10. The summed E-state index contributed by atoms with van der Waals surface area (Å²) in [5.74, 6) is -6.08. The minimum atomic E-state index is -4.76. The highest BCUT2D eigenvalue weighted by Crippen LogP contribution is 2.43. The second-order valence-electron chi connectivity index (χ2n) is 29.6. The molecule has 7 amide bonds. The highest BCUT2D eigenvalue weighted by molar-refractivity contribution is 7.47. The van der Waals surface area contributed by atoms with Crippen molar-refractivity contribution in [2.45, 2.75) is 341 Å². The lowest BCUT2D eigenvalue weighted by molar-refractivity contribution is -0.485. The molecule has 1 aromatic rings. The summed E-state index contributed by atoms with van der Waals surface area (Å²) in [6, 6.07) is 3.87. The Hall–Kier alpha value is -7.10. The van der Waals surface area contributed by atoms with Crippen molar-refractivity contribution in [2.75, 3.05) is 52.5 Å². The van der Waals surface area contributed by atoms with E-state index in [1.807, 2.05) is 13.0 Å². The van der Waals surface area contributed by atoms with Crippen LogP contribution in [0.2, 0.25) is 0 Å². The van der Waals surface area contributed by atoms with E-state index in [2.05, 4.69) is 50.8 Å². The van der Waals surface area contributed by atoms with Gasteiger partial charge in [0.15, 0.2) is 16.9 Å². The summed E-state index contributed by atoms with van der Waals surface area (Å²) < 4.78 is 34.3. The Morgan fingerprint density at radius 2 is 1.09 bits per heavy atom. The number of amides is 7. The average molecular weight is 1560 g/mol. The van der Waals surface area contributed by atoms with Gasteiger partial charge in [0.2, 0.25) is 41.4 Å². The molecule has 1 aromatic carbocycles. The van der Waals surface area contributed by atoms with E-state index in [0.29, 0.717) is 44.9 Å². The molecule has 29 nitrogen and oxygen atoms in total. The van der Waals surface area contributed by atoms with Crippen LogP contribution < -0.4 is 37.6 Å². The first-order chi connectivity index (χ1) is 52.5. The molecular weight excluding hydrogens is 1420 g/mol. The zero-order valence-corrected chi connectivity index (χ0v) is 67.4. The van der Waals surface area contributed by atoms with Crippen LogP contribution in [0.25, 0.3) is 0 Å². The van der Waals surface area contributed by atoms with E-state index in [9.17, 15) is 67.5 Å². The molecule has 0 aliphatic carbocycles. The molecule has 3 rings (SSSR count). The van der Waals surface area contributed by atoms with E-state index in [1.54, 1.807) is 38.1 Å². The van der Waals surface area contributed by atoms with Gasteiger partial charge in [-0.15, -0.1) is 0 Å². The predicted molar refractivity (Wildman–Crippen MR) is 418 cm³/mol. The first kappa shape index (κ1) is 96.1. The lowest BCUT2D eigenvalue weighted by atomic mass is 9.99. The summed E-state index contributed by atoms with van der Waals surface area (Å²) >= 11 is 0. The Morgan fingerprint density at radius 3 is 1.65 bits per heavy atom. The molecule has 0 spiro atoms. The van der Waals surface area contributed by atoms with Gasteiger partial charge in [0.05, 0.1) is 25.8 Å². The molecule has 2 aliphatic heterocycles. The number of phosphoric acid groups is 1. The van der Waals surface area contributed by atoms with Gasteiger partial charge in [-0.25, -0.2) is 14.7 Å². The smallest absolute Gasteiger partial charge is 0.462 e. The minimum absolute atomic E-state index is 0.0121. The molecule has 9 N–H and O–H groups in total. The van der Waals surface area contributed by atoms with Gasteiger partial charge < -0.3 is 61.8 Å². The van der Waals surface area contributed by atoms with Crippen LogP contribution in [0.3, 0.4) is 0 Å². The Kier molecular flexibility index (Phi) is 51.8. The highest BCUT2D eigenvalue weighted by Gasteiger charge is 2.44. The van der Waals surface area contributed by atoms with Crippen LogP contribution in [0.1, 0.15) is 303 Å². The summed E-state index contributed by atoms with van der Waals surface area (Å²) in [4.78, 5) is 160.